The number of halogens is 2. The Morgan fingerprint density at radius 1 is 1.24 bits per heavy atom. The standard InChI is InChI=1S/C12H18ClFN2O/c1-17-7-6-15-4-5-16-9-10-8-11(13)2-3-12(10)14/h2-3,8,15-16H,4-7,9H2,1H3. The average molecular weight is 261 g/mol. The van der Waals surface area contributed by atoms with Crippen molar-refractivity contribution in [1.29, 1.82) is 0 Å². The Morgan fingerprint density at radius 2 is 2.00 bits per heavy atom. The van der Waals surface area contributed by atoms with Crippen LogP contribution >= 0.6 is 11.6 Å². The van der Waals surface area contributed by atoms with Crippen molar-refractivity contribution in [2.45, 2.75) is 6.54 Å². The maximum absolute atomic E-state index is 13.3. The minimum atomic E-state index is -0.228. The summed E-state index contributed by atoms with van der Waals surface area (Å²) in [5, 5.41) is 6.89. The second-order valence-electron chi connectivity index (χ2n) is 3.66. The van der Waals surface area contributed by atoms with E-state index in [9.17, 15) is 4.39 Å². The summed E-state index contributed by atoms with van der Waals surface area (Å²) in [5.74, 6) is -0.228. The number of hydrogen-bond acceptors (Lipinski definition) is 3. The third-order valence-corrected chi connectivity index (χ3v) is 2.52. The van der Waals surface area contributed by atoms with Gasteiger partial charge in [-0.2, -0.15) is 0 Å². The van der Waals surface area contributed by atoms with Gasteiger partial charge in [0.05, 0.1) is 6.61 Å². The van der Waals surface area contributed by atoms with Crippen molar-refractivity contribution < 1.29 is 9.13 Å². The third kappa shape index (κ3) is 5.98. The van der Waals surface area contributed by atoms with Crippen LogP contribution in [0.4, 0.5) is 4.39 Å². The monoisotopic (exact) mass is 260 g/mol. The van der Waals surface area contributed by atoms with Crippen LogP contribution in [0, 0.1) is 5.82 Å². The SMILES string of the molecule is COCCNCCNCc1cc(Cl)ccc1F. The first-order chi connectivity index (χ1) is 8.24. The van der Waals surface area contributed by atoms with Gasteiger partial charge in [0.1, 0.15) is 5.82 Å². The zero-order valence-electron chi connectivity index (χ0n) is 9.93. The number of hydrogen-bond donors (Lipinski definition) is 2. The molecule has 0 fully saturated rings. The van der Waals surface area contributed by atoms with Gasteiger partial charge in [0.25, 0.3) is 0 Å². The Labute approximate surface area is 106 Å². The second-order valence-corrected chi connectivity index (χ2v) is 4.09. The van der Waals surface area contributed by atoms with Crippen LogP contribution in [-0.4, -0.2) is 33.4 Å². The Morgan fingerprint density at radius 3 is 2.76 bits per heavy atom. The molecule has 1 aromatic carbocycles. The topological polar surface area (TPSA) is 33.3 Å². The smallest absolute Gasteiger partial charge is 0.127 e. The number of benzene rings is 1. The van der Waals surface area contributed by atoms with Gasteiger partial charge in [-0.1, -0.05) is 11.6 Å². The molecule has 0 bridgehead atoms. The van der Waals surface area contributed by atoms with Crippen molar-refractivity contribution in [2.24, 2.45) is 0 Å². The predicted molar refractivity (Wildman–Crippen MR) is 67.9 cm³/mol. The fraction of sp³-hybridized carbons (Fsp3) is 0.500. The van der Waals surface area contributed by atoms with Gasteiger partial charge in [-0.3, -0.25) is 0 Å². The highest BCUT2D eigenvalue weighted by Gasteiger charge is 2.01. The van der Waals surface area contributed by atoms with E-state index in [1.807, 2.05) is 0 Å². The van der Waals surface area contributed by atoms with Crippen molar-refractivity contribution >= 4 is 11.6 Å². The Balaban J connectivity index is 2.15. The molecule has 0 aliphatic carbocycles. The Hall–Kier alpha value is -0.680. The van der Waals surface area contributed by atoms with Gasteiger partial charge in [0, 0.05) is 43.9 Å². The van der Waals surface area contributed by atoms with Crippen LogP contribution in [0.2, 0.25) is 5.02 Å². The number of ether oxygens (including phenoxy) is 1. The first kappa shape index (κ1) is 14.4. The van der Waals surface area contributed by atoms with E-state index >= 15 is 0 Å². The van der Waals surface area contributed by atoms with E-state index in [-0.39, 0.29) is 5.82 Å². The molecule has 1 aromatic rings. The van der Waals surface area contributed by atoms with Crippen LogP contribution in [-0.2, 0) is 11.3 Å². The summed E-state index contributed by atoms with van der Waals surface area (Å²) >= 11 is 5.79. The van der Waals surface area contributed by atoms with Crippen molar-refractivity contribution in [2.75, 3.05) is 33.4 Å². The van der Waals surface area contributed by atoms with Gasteiger partial charge in [-0.25, -0.2) is 4.39 Å². The van der Waals surface area contributed by atoms with E-state index in [1.54, 1.807) is 19.2 Å². The first-order valence-corrected chi connectivity index (χ1v) is 5.96. The van der Waals surface area contributed by atoms with Crippen LogP contribution in [0.3, 0.4) is 0 Å². The van der Waals surface area contributed by atoms with E-state index in [2.05, 4.69) is 10.6 Å². The molecule has 0 atom stereocenters. The normalized spacial score (nSPS) is 10.8. The summed E-state index contributed by atoms with van der Waals surface area (Å²) in [4.78, 5) is 0. The molecule has 1 rings (SSSR count). The highest BCUT2D eigenvalue weighted by molar-refractivity contribution is 6.30. The number of methoxy groups -OCH3 is 1. The molecule has 0 amide bonds. The molecule has 0 aliphatic rings. The predicted octanol–water partition coefficient (Wildman–Crippen LogP) is 1.80. The summed E-state index contributed by atoms with van der Waals surface area (Å²) in [6, 6.07) is 4.57. The highest BCUT2D eigenvalue weighted by atomic mass is 35.5. The zero-order valence-corrected chi connectivity index (χ0v) is 10.7. The molecule has 17 heavy (non-hydrogen) atoms. The maximum atomic E-state index is 13.3. The van der Waals surface area contributed by atoms with Gasteiger partial charge < -0.3 is 15.4 Å². The minimum Gasteiger partial charge on any atom is -0.383 e. The van der Waals surface area contributed by atoms with Crippen molar-refractivity contribution in [3.05, 3.63) is 34.6 Å². The lowest BCUT2D eigenvalue weighted by molar-refractivity contribution is 0.199. The number of rotatable bonds is 8. The lowest BCUT2D eigenvalue weighted by Crippen LogP contribution is -2.29. The summed E-state index contributed by atoms with van der Waals surface area (Å²) in [6.45, 7) is 3.60. The third-order valence-electron chi connectivity index (χ3n) is 2.28. The van der Waals surface area contributed by atoms with E-state index in [0.717, 1.165) is 19.6 Å². The lowest BCUT2D eigenvalue weighted by Gasteiger charge is -2.07. The molecular formula is C12H18ClFN2O. The van der Waals surface area contributed by atoms with E-state index in [1.165, 1.54) is 6.07 Å². The molecule has 0 radical (unpaired) electrons. The summed E-state index contributed by atoms with van der Waals surface area (Å²) in [5.41, 5.74) is 0.592. The Kier molecular flexibility index (Phi) is 7.12. The van der Waals surface area contributed by atoms with Crippen LogP contribution < -0.4 is 10.6 Å². The molecule has 2 N–H and O–H groups in total. The minimum absolute atomic E-state index is 0.228. The first-order valence-electron chi connectivity index (χ1n) is 5.58. The van der Waals surface area contributed by atoms with Crippen molar-refractivity contribution in [3.63, 3.8) is 0 Å². The van der Waals surface area contributed by atoms with Crippen LogP contribution in [0.1, 0.15) is 5.56 Å². The van der Waals surface area contributed by atoms with Crippen molar-refractivity contribution in [1.82, 2.24) is 10.6 Å². The highest BCUT2D eigenvalue weighted by Crippen LogP contribution is 2.14. The number of nitrogens with one attached hydrogen (secondary N) is 2. The molecular weight excluding hydrogens is 243 g/mol. The molecule has 0 spiro atoms. The van der Waals surface area contributed by atoms with E-state index in [4.69, 9.17) is 16.3 Å². The van der Waals surface area contributed by atoms with Gasteiger partial charge in [0.2, 0.25) is 0 Å². The molecule has 0 aromatic heterocycles. The Bertz CT molecular complexity index is 336. The van der Waals surface area contributed by atoms with Crippen LogP contribution in [0.25, 0.3) is 0 Å². The van der Waals surface area contributed by atoms with E-state index < -0.39 is 0 Å². The lowest BCUT2D eigenvalue weighted by atomic mass is 10.2. The average Bonchev–Trinajstić information content (AvgIpc) is 2.32. The summed E-state index contributed by atoms with van der Waals surface area (Å²) < 4.78 is 18.2. The molecule has 0 heterocycles. The second kappa shape index (κ2) is 8.42. The van der Waals surface area contributed by atoms with Crippen LogP contribution in [0.15, 0.2) is 18.2 Å². The van der Waals surface area contributed by atoms with Gasteiger partial charge in [0.15, 0.2) is 0 Å². The molecule has 0 aliphatic heterocycles. The fourth-order valence-electron chi connectivity index (χ4n) is 1.38. The maximum Gasteiger partial charge on any atom is 0.127 e. The summed E-state index contributed by atoms with van der Waals surface area (Å²) in [6.07, 6.45) is 0. The van der Waals surface area contributed by atoms with Gasteiger partial charge >= 0.3 is 0 Å². The molecule has 3 nitrogen and oxygen atoms in total. The van der Waals surface area contributed by atoms with Gasteiger partial charge in [-0.15, -0.1) is 0 Å². The van der Waals surface area contributed by atoms with E-state index in [0.29, 0.717) is 23.7 Å². The summed E-state index contributed by atoms with van der Waals surface area (Å²) in [7, 11) is 1.67. The van der Waals surface area contributed by atoms with Gasteiger partial charge in [-0.05, 0) is 18.2 Å². The fourth-order valence-corrected chi connectivity index (χ4v) is 1.57. The molecule has 0 saturated heterocycles. The molecule has 5 heteroatoms. The molecule has 96 valence electrons. The van der Waals surface area contributed by atoms with Crippen LogP contribution in [0.5, 0.6) is 0 Å². The zero-order chi connectivity index (χ0) is 12.5. The molecule has 0 unspecified atom stereocenters. The van der Waals surface area contributed by atoms with Crippen molar-refractivity contribution in [3.8, 4) is 0 Å². The largest absolute Gasteiger partial charge is 0.383 e. The quantitative estimate of drug-likeness (QED) is 0.700. The molecule has 0 saturated carbocycles.